The number of primary amides is 1. The molecule has 2 heterocycles. The van der Waals surface area contributed by atoms with E-state index in [1.54, 1.807) is 0 Å². The lowest BCUT2D eigenvalue weighted by atomic mass is 10.0. The Bertz CT molecular complexity index is 1420. The largest absolute Gasteiger partial charge is 0.457 e. The van der Waals surface area contributed by atoms with E-state index in [4.69, 9.17) is 15.6 Å². The molecule has 12 heteroatoms. The van der Waals surface area contributed by atoms with E-state index in [2.05, 4.69) is 10.3 Å². The number of benzene rings is 2. The number of amides is 4. The van der Waals surface area contributed by atoms with Gasteiger partial charge in [0.1, 0.15) is 28.5 Å². The minimum atomic E-state index is -1.44. The standard InChI is InChI=1S/C27H25F2N5O5/c28-17-1-3-18(4-2-17)34(25(37)27(8-9-27)24(30)36)22-6-5-19(11-21(22)29)39-20-7-10-31-23(12-20)32-26(38)33-13-16(14-33)15-35/h1-7,10-12,16,35H,8-9,13-15H2,(H2,30,36)(H,31,32,38). The zero-order chi connectivity index (χ0) is 27.7. The SMILES string of the molecule is NC(=O)C1(C(=O)N(c2ccc(F)cc2)c2ccc(Oc3ccnc(NC(=O)N4CC(CO)C4)c3)cc2F)CC1. The monoisotopic (exact) mass is 537 g/mol. The molecule has 3 aromatic rings. The van der Waals surface area contributed by atoms with Crippen molar-refractivity contribution in [2.24, 2.45) is 17.1 Å². The third kappa shape index (κ3) is 5.23. The van der Waals surface area contributed by atoms with Crippen LogP contribution in [0.4, 0.5) is 30.8 Å². The molecule has 39 heavy (non-hydrogen) atoms. The molecular formula is C27H25F2N5O5. The highest BCUT2D eigenvalue weighted by Crippen LogP contribution is 2.49. The van der Waals surface area contributed by atoms with E-state index in [0.717, 1.165) is 23.1 Å². The Morgan fingerprint density at radius 2 is 1.77 bits per heavy atom. The smallest absolute Gasteiger partial charge is 0.323 e. The molecule has 4 N–H and O–H groups in total. The highest BCUT2D eigenvalue weighted by molar-refractivity contribution is 6.16. The summed E-state index contributed by atoms with van der Waals surface area (Å²) in [6.45, 7) is 0.910. The fraction of sp³-hybridized carbons (Fsp3) is 0.259. The fourth-order valence-electron chi connectivity index (χ4n) is 4.31. The van der Waals surface area contributed by atoms with Crippen molar-refractivity contribution in [2.45, 2.75) is 12.8 Å². The number of likely N-dealkylation sites (tertiary alicyclic amines) is 1. The van der Waals surface area contributed by atoms with Gasteiger partial charge in [0.15, 0.2) is 5.82 Å². The molecule has 0 radical (unpaired) electrons. The van der Waals surface area contributed by atoms with Crippen molar-refractivity contribution >= 4 is 35.0 Å². The topological polar surface area (TPSA) is 138 Å². The van der Waals surface area contributed by atoms with Crippen LogP contribution in [0, 0.1) is 23.0 Å². The number of carbonyl (C=O) groups is 3. The lowest BCUT2D eigenvalue weighted by Gasteiger charge is -2.37. The van der Waals surface area contributed by atoms with Crippen molar-refractivity contribution in [2.75, 3.05) is 29.9 Å². The van der Waals surface area contributed by atoms with E-state index < -0.39 is 28.9 Å². The zero-order valence-electron chi connectivity index (χ0n) is 20.6. The summed E-state index contributed by atoms with van der Waals surface area (Å²) in [5.41, 5.74) is 4.04. The zero-order valence-corrected chi connectivity index (χ0v) is 20.6. The van der Waals surface area contributed by atoms with Crippen LogP contribution in [-0.2, 0) is 9.59 Å². The van der Waals surface area contributed by atoms with Crippen LogP contribution in [0.3, 0.4) is 0 Å². The maximum atomic E-state index is 15.4. The highest BCUT2D eigenvalue weighted by Gasteiger charge is 2.57. The first-order valence-electron chi connectivity index (χ1n) is 12.2. The van der Waals surface area contributed by atoms with Gasteiger partial charge in [0, 0.05) is 49.6 Å². The molecule has 1 saturated carbocycles. The van der Waals surface area contributed by atoms with Crippen LogP contribution in [0.5, 0.6) is 11.5 Å². The summed E-state index contributed by atoms with van der Waals surface area (Å²) < 4.78 is 34.7. The predicted octanol–water partition coefficient (Wildman–Crippen LogP) is 3.54. The first kappa shape index (κ1) is 26.0. The van der Waals surface area contributed by atoms with Crippen molar-refractivity contribution in [1.82, 2.24) is 9.88 Å². The molecule has 1 aliphatic carbocycles. The number of pyridine rings is 1. The van der Waals surface area contributed by atoms with Crippen molar-refractivity contribution < 1.29 is 33.0 Å². The minimum Gasteiger partial charge on any atom is -0.457 e. The molecule has 0 atom stereocenters. The minimum absolute atomic E-state index is 0.0164. The molecule has 4 amide bonds. The third-order valence-corrected chi connectivity index (χ3v) is 6.78. The second-order valence-corrected chi connectivity index (χ2v) is 9.54. The predicted molar refractivity (Wildman–Crippen MR) is 136 cm³/mol. The number of aliphatic hydroxyl groups is 1. The third-order valence-electron chi connectivity index (χ3n) is 6.78. The Morgan fingerprint density at radius 1 is 1.08 bits per heavy atom. The molecule has 0 unspecified atom stereocenters. The van der Waals surface area contributed by atoms with Crippen LogP contribution in [0.15, 0.2) is 60.8 Å². The Morgan fingerprint density at radius 3 is 2.38 bits per heavy atom. The Hall–Kier alpha value is -4.58. The molecule has 202 valence electrons. The van der Waals surface area contributed by atoms with Crippen molar-refractivity contribution in [3.63, 3.8) is 0 Å². The summed E-state index contributed by atoms with van der Waals surface area (Å²) >= 11 is 0. The van der Waals surface area contributed by atoms with E-state index in [-0.39, 0.29) is 60.1 Å². The normalized spacial score (nSPS) is 15.7. The van der Waals surface area contributed by atoms with Gasteiger partial charge in [0.25, 0.3) is 0 Å². The Labute approximate surface area is 222 Å². The number of aromatic nitrogens is 1. The Balaban J connectivity index is 1.35. The van der Waals surface area contributed by atoms with Crippen molar-refractivity contribution in [3.05, 3.63) is 72.4 Å². The number of nitrogens with zero attached hydrogens (tertiary/aromatic N) is 3. The molecule has 0 spiro atoms. The summed E-state index contributed by atoms with van der Waals surface area (Å²) in [5.74, 6) is -2.23. The Kier molecular flexibility index (Phi) is 6.87. The van der Waals surface area contributed by atoms with Gasteiger partial charge in [-0.3, -0.25) is 19.8 Å². The fourth-order valence-corrected chi connectivity index (χ4v) is 4.31. The number of nitrogens with one attached hydrogen (secondary N) is 1. The van der Waals surface area contributed by atoms with Gasteiger partial charge in [-0.05, 0) is 55.3 Å². The van der Waals surface area contributed by atoms with Crippen molar-refractivity contribution in [3.8, 4) is 11.5 Å². The maximum Gasteiger partial charge on any atom is 0.323 e. The molecule has 5 rings (SSSR count). The number of carbonyl (C=O) groups excluding carboxylic acids is 3. The molecule has 2 aromatic carbocycles. The summed E-state index contributed by atoms with van der Waals surface area (Å²) in [4.78, 5) is 44.4. The molecule has 1 saturated heterocycles. The number of halogens is 2. The summed E-state index contributed by atoms with van der Waals surface area (Å²) in [5, 5.41) is 11.8. The second kappa shape index (κ2) is 10.3. The van der Waals surface area contributed by atoms with Crippen LogP contribution < -0.4 is 20.7 Å². The first-order chi connectivity index (χ1) is 18.7. The van der Waals surface area contributed by atoms with Crippen LogP contribution in [0.1, 0.15) is 12.8 Å². The van der Waals surface area contributed by atoms with E-state index in [0.29, 0.717) is 13.1 Å². The molecule has 0 bridgehead atoms. The lowest BCUT2D eigenvalue weighted by Crippen LogP contribution is -2.52. The van der Waals surface area contributed by atoms with Gasteiger partial charge in [0.2, 0.25) is 11.8 Å². The molecule has 1 aromatic heterocycles. The number of ether oxygens (including phenoxy) is 1. The lowest BCUT2D eigenvalue weighted by molar-refractivity contribution is -0.133. The number of nitrogens with two attached hydrogens (primary N) is 1. The molecule has 1 aliphatic heterocycles. The number of urea groups is 1. The van der Waals surface area contributed by atoms with Crippen LogP contribution in [-0.4, -0.2) is 52.5 Å². The van der Waals surface area contributed by atoms with Gasteiger partial charge >= 0.3 is 6.03 Å². The van der Waals surface area contributed by atoms with Gasteiger partial charge in [-0.25, -0.2) is 18.6 Å². The van der Waals surface area contributed by atoms with E-state index in [9.17, 15) is 18.8 Å². The quantitative estimate of drug-likeness (QED) is 0.376. The molecular weight excluding hydrogens is 512 g/mol. The van der Waals surface area contributed by atoms with E-state index in [1.807, 2.05) is 0 Å². The number of aliphatic hydroxyl groups excluding tert-OH is 1. The summed E-state index contributed by atoms with van der Waals surface area (Å²) in [7, 11) is 0. The number of rotatable bonds is 8. The van der Waals surface area contributed by atoms with E-state index >= 15 is 4.39 Å². The van der Waals surface area contributed by atoms with Gasteiger partial charge in [-0.15, -0.1) is 0 Å². The van der Waals surface area contributed by atoms with Gasteiger partial charge in [-0.1, -0.05) is 0 Å². The number of hydrogen-bond donors (Lipinski definition) is 3. The van der Waals surface area contributed by atoms with Crippen LogP contribution >= 0.6 is 0 Å². The first-order valence-corrected chi connectivity index (χ1v) is 12.2. The second-order valence-electron chi connectivity index (χ2n) is 9.54. The summed E-state index contributed by atoms with van der Waals surface area (Å²) in [6, 6.07) is 11.3. The average Bonchev–Trinajstić information content (AvgIpc) is 3.69. The van der Waals surface area contributed by atoms with Gasteiger partial charge in [0.05, 0.1) is 5.69 Å². The number of anilines is 3. The molecule has 2 aliphatic rings. The molecule has 10 nitrogen and oxygen atoms in total. The van der Waals surface area contributed by atoms with E-state index in [1.165, 1.54) is 47.5 Å². The van der Waals surface area contributed by atoms with Crippen molar-refractivity contribution in [1.29, 1.82) is 0 Å². The van der Waals surface area contributed by atoms with Gasteiger partial charge in [-0.2, -0.15) is 0 Å². The molecule has 2 fully saturated rings. The highest BCUT2D eigenvalue weighted by atomic mass is 19.1. The number of hydrogen-bond acceptors (Lipinski definition) is 6. The average molecular weight is 538 g/mol. The van der Waals surface area contributed by atoms with Gasteiger partial charge < -0.3 is 20.5 Å². The maximum absolute atomic E-state index is 15.4. The van der Waals surface area contributed by atoms with Crippen LogP contribution in [0.2, 0.25) is 0 Å². The summed E-state index contributed by atoms with van der Waals surface area (Å²) in [6.07, 6.45) is 1.89. The van der Waals surface area contributed by atoms with Crippen LogP contribution in [0.25, 0.3) is 0 Å².